The van der Waals surface area contributed by atoms with Crippen LogP contribution >= 0.6 is 0 Å². The number of amides is 1. The third-order valence-electron chi connectivity index (χ3n) is 8.44. The number of nitrogens with one attached hydrogen (secondary N) is 1. The van der Waals surface area contributed by atoms with Crippen LogP contribution in [0.25, 0.3) is 11.3 Å². The Kier molecular flexibility index (Phi) is 4.33. The number of benzene rings is 1. The van der Waals surface area contributed by atoms with Crippen LogP contribution in [0.15, 0.2) is 42.5 Å². The number of hydrogen-bond acceptors (Lipinski definition) is 4. The molecule has 0 spiro atoms. The smallest absolute Gasteiger partial charge is 0.270 e. The molecule has 174 valence electrons. The summed E-state index contributed by atoms with van der Waals surface area (Å²) in [5.74, 6) is -1.33. The van der Waals surface area contributed by atoms with E-state index in [9.17, 15) is 13.6 Å². The Morgan fingerprint density at radius 3 is 2.41 bits per heavy atom. The van der Waals surface area contributed by atoms with Gasteiger partial charge in [0.15, 0.2) is 0 Å². The monoisotopic (exact) mass is 460 g/mol. The van der Waals surface area contributed by atoms with Gasteiger partial charge in [0, 0.05) is 5.54 Å². The van der Waals surface area contributed by atoms with Crippen LogP contribution in [0.5, 0.6) is 0 Å². The zero-order chi connectivity index (χ0) is 23.9. The van der Waals surface area contributed by atoms with Gasteiger partial charge >= 0.3 is 0 Å². The first kappa shape index (κ1) is 21.3. The van der Waals surface area contributed by atoms with E-state index in [1.807, 2.05) is 19.1 Å². The Morgan fingerprint density at radius 2 is 1.71 bits per heavy atom. The molecule has 6 rings (SSSR count). The molecule has 5 nitrogen and oxygen atoms in total. The Hall–Kier alpha value is -3.22. The highest BCUT2D eigenvalue weighted by Gasteiger charge is 2.65. The van der Waals surface area contributed by atoms with E-state index in [-0.39, 0.29) is 34.0 Å². The number of aromatic nitrogens is 3. The minimum absolute atomic E-state index is 0.130. The molecular weight excluding hydrogens is 434 g/mol. The molecule has 0 radical (unpaired) electrons. The third kappa shape index (κ3) is 2.82. The number of fused-ring (bicyclic) bond motifs is 5. The highest BCUT2D eigenvalue weighted by molar-refractivity contribution is 5.93. The maximum absolute atomic E-state index is 14.5. The Bertz CT molecular complexity index is 1330. The van der Waals surface area contributed by atoms with Crippen molar-refractivity contribution in [1.29, 1.82) is 0 Å². The van der Waals surface area contributed by atoms with Crippen LogP contribution in [0.4, 0.5) is 8.78 Å². The van der Waals surface area contributed by atoms with E-state index >= 15 is 0 Å². The Labute approximate surface area is 197 Å². The van der Waals surface area contributed by atoms with E-state index in [1.54, 1.807) is 12.1 Å². The van der Waals surface area contributed by atoms with Crippen molar-refractivity contribution in [2.45, 2.75) is 63.3 Å². The highest BCUT2D eigenvalue weighted by Crippen LogP contribution is 2.69. The second-order valence-electron chi connectivity index (χ2n) is 10.8. The second-order valence-corrected chi connectivity index (χ2v) is 10.8. The standard InChI is InChI=1S/C27H26F2N4O/c1-25(2)16-10-11-27(25,21-9-5-8-19(30-21)24(34)31-26(3)12-13-26)23-15(16)14-20(32-33-23)22-17(28)6-4-7-18(22)29/h4-9,14,16H,10-13H2,1-3H3,(H,31,34)/t16-,27+/m0/s1. The van der Waals surface area contributed by atoms with Crippen LogP contribution in [0, 0.1) is 17.0 Å². The van der Waals surface area contributed by atoms with Gasteiger partial charge in [-0.1, -0.05) is 26.0 Å². The van der Waals surface area contributed by atoms with Crippen molar-refractivity contribution in [2.75, 3.05) is 0 Å². The fraction of sp³-hybridized carbons (Fsp3) is 0.407. The molecule has 1 aromatic carbocycles. The molecule has 2 bridgehead atoms. The van der Waals surface area contributed by atoms with Gasteiger partial charge in [0.05, 0.1) is 28.1 Å². The summed E-state index contributed by atoms with van der Waals surface area (Å²) < 4.78 is 28.9. The molecule has 1 N–H and O–H groups in total. The lowest BCUT2D eigenvalue weighted by molar-refractivity contribution is 0.0929. The van der Waals surface area contributed by atoms with Crippen LogP contribution in [-0.4, -0.2) is 26.6 Å². The Balaban J connectivity index is 1.46. The SMILES string of the molecule is CC1(NC(=O)c2cccc([C@]34CC[C@@H](c5cc(-c6c(F)cccc6F)nnc53)C4(C)C)n2)CC1. The van der Waals surface area contributed by atoms with Gasteiger partial charge < -0.3 is 5.32 Å². The van der Waals surface area contributed by atoms with Gasteiger partial charge in [-0.15, -0.1) is 5.10 Å². The van der Waals surface area contributed by atoms with Gasteiger partial charge in [-0.25, -0.2) is 13.8 Å². The van der Waals surface area contributed by atoms with Crippen LogP contribution in [0.1, 0.15) is 79.8 Å². The summed E-state index contributed by atoms with van der Waals surface area (Å²) in [6.45, 7) is 6.42. The molecule has 2 aromatic heterocycles. The molecule has 7 heteroatoms. The van der Waals surface area contributed by atoms with E-state index < -0.39 is 17.0 Å². The molecule has 0 saturated heterocycles. The molecule has 1 amide bonds. The minimum atomic E-state index is -0.656. The molecule has 0 unspecified atom stereocenters. The molecular formula is C27H26F2N4O. The van der Waals surface area contributed by atoms with E-state index in [1.165, 1.54) is 18.2 Å². The number of hydrogen-bond donors (Lipinski definition) is 1. The van der Waals surface area contributed by atoms with E-state index in [4.69, 9.17) is 4.98 Å². The first-order chi connectivity index (χ1) is 16.2. The van der Waals surface area contributed by atoms with Crippen LogP contribution < -0.4 is 5.32 Å². The summed E-state index contributed by atoms with van der Waals surface area (Å²) in [6.07, 6.45) is 3.69. The molecule has 2 heterocycles. The quantitative estimate of drug-likeness (QED) is 0.574. The molecule has 3 aliphatic carbocycles. The number of pyridine rings is 1. The fourth-order valence-electron chi connectivity index (χ4n) is 6.21. The maximum atomic E-state index is 14.5. The van der Waals surface area contributed by atoms with Crippen LogP contribution in [0.3, 0.4) is 0 Å². The topological polar surface area (TPSA) is 67.8 Å². The number of carbonyl (C=O) groups is 1. The zero-order valence-electron chi connectivity index (χ0n) is 19.5. The second kappa shape index (κ2) is 6.90. The highest BCUT2D eigenvalue weighted by atomic mass is 19.1. The maximum Gasteiger partial charge on any atom is 0.270 e. The lowest BCUT2D eigenvalue weighted by Crippen LogP contribution is -2.39. The molecule has 3 aliphatic rings. The number of halogens is 2. The van der Waals surface area contributed by atoms with Gasteiger partial charge in [-0.3, -0.25) is 4.79 Å². The zero-order valence-corrected chi connectivity index (χ0v) is 19.5. The molecule has 2 fully saturated rings. The van der Waals surface area contributed by atoms with Crippen molar-refractivity contribution < 1.29 is 13.6 Å². The molecule has 2 saturated carbocycles. The third-order valence-corrected chi connectivity index (χ3v) is 8.44. The molecule has 2 atom stereocenters. The van der Waals surface area contributed by atoms with E-state index in [0.717, 1.165) is 42.6 Å². The van der Waals surface area contributed by atoms with Crippen molar-refractivity contribution >= 4 is 5.91 Å². The molecule has 3 aromatic rings. The number of nitrogens with zero attached hydrogens (tertiary/aromatic N) is 3. The summed E-state index contributed by atoms with van der Waals surface area (Å²) in [7, 11) is 0. The number of carbonyl (C=O) groups excluding carboxylic acids is 1. The van der Waals surface area contributed by atoms with E-state index in [2.05, 4.69) is 29.4 Å². The fourth-order valence-corrected chi connectivity index (χ4v) is 6.21. The summed E-state index contributed by atoms with van der Waals surface area (Å²) in [5.41, 5.74) is 2.10. The van der Waals surface area contributed by atoms with E-state index in [0.29, 0.717) is 5.69 Å². The Morgan fingerprint density at radius 1 is 1.00 bits per heavy atom. The lowest BCUT2D eigenvalue weighted by atomic mass is 9.66. The van der Waals surface area contributed by atoms with Gasteiger partial charge in [0.2, 0.25) is 0 Å². The summed E-state index contributed by atoms with van der Waals surface area (Å²) in [6, 6.07) is 11.2. The molecule has 0 aliphatic heterocycles. The average Bonchev–Trinajstić information content (AvgIpc) is 3.42. The van der Waals surface area contributed by atoms with Crippen LogP contribution in [0.2, 0.25) is 0 Å². The van der Waals surface area contributed by atoms with Gasteiger partial charge in [-0.2, -0.15) is 5.10 Å². The average molecular weight is 461 g/mol. The van der Waals surface area contributed by atoms with Crippen molar-refractivity contribution in [1.82, 2.24) is 20.5 Å². The summed E-state index contributed by atoms with van der Waals surface area (Å²) in [5, 5.41) is 11.9. The lowest BCUT2D eigenvalue weighted by Gasteiger charge is -2.37. The predicted molar refractivity (Wildman–Crippen MR) is 123 cm³/mol. The summed E-state index contributed by atoms with van der Waals surface area (Å²) >= 11 is 0. The molecule has 34 heavy (non-hydrogen) atoms. The first-order valence-electron chi connectivity index (χ1n) is 11.8. The number of rotatable bonds is 4. The normalized spacial score (nSPS) is 25.1. The van der Waals surface area contributed by atoms with Crippen molar-refractivity contribution in [3.63, 3.8) is 0 Å². The minimum Gasteiger partial charge on any atom is -0.346 e. The van der Waals surface area contributed by atoms with Crippen LogP contribution in [-0.2, 0) is 5.41 Å². The van der Waals surface area contributed by atoms with Crippen molar-refractivity contribution in [3.8, 4) is 11.3 Å². The van der Waals surface area contributed by atoms with Gasteiger partial charge in [0.1, 0.15) is 17.3 Å². The van der Waals surface area contributed by atoms with Crippen molar-refractivity contribution in [2.24, 2.45) is 5.41 Å². The first-order valence-corrected chi connectivity index (χ1v) is 11.8. The summed E-state index contributed by atoms with van der Waals surface area (Å²) in [4.78, 5) is 17.7. The van der Waals surface area contributed by atoms with Crippen molar-refractivity contribution in [3.05, 3.63) is 76.7 Å². The van der Waals surface area contributed by atoms with Gasteiger partial charge in [0.25, 0.3) is 5.91 Å². The van der Waals surface area contributed by atoms with Gasteiger partial charge in [-0.05, 0) is 79.8 Å². The largest absolute Gasteiger partial charge is 0.346 e. The predicted octanol–water partition coefficient (Wildman–Crippen LogP) is 5.30.